The van der Waals surface area contributed by atoms with Crippen LogP contribution in [-0.2, 0) is 6.54 Å². The smallest absolute Gasteiger partial charge is 0.317 e. The molecule has 3 rings (SSSR count). The predicted octanol–water partition coefficient (Wildman–Crippen LogP) is 4.19. The average molecular weight is 450 g/mol. The zero-order valence-corrected chi connectivity index (χ0v) is 17.7. The van der Waals surface area contributed by atoms with Gasteiger partial charge in [0.2, 0.25) is 0 Å². The third-order valence-electron chi connectivity index (χ3n) is 5.01. The Balaban J connectivity index is 1.51. The predicted molar refractivity (Wildman–Crippen MR) is 111 cm³/mol. The van der Waals surface area contributed by atoms with Crippen LogP contribution in [0.5, 0.6) is 5.75 Å². The maximum Gasteiger partial charge on any atom is 0.317 e. The Morgan fingerprint density at radius 3 is 2.50 bits per heavy atom. The van der Waals surface area contributed by atoms with Crippen molar-refractivity contribution in [2.45, 2.75) is 19.5 Å². The molecular formula is C21H25BrFN3O2. The highest BCUT2D eigenvalue weighted by Crippen LogP contribution is 2.22. The van der Waals surface area contributed by atoms with E-state index in [0.29, 0.717) is 25.4 Å². The molecule has 150 valence electrons. The van der Waals surface area contributed by atoms with E-state index in [0.717, 1.165) is 28.7 Å². The summed E-state index contributed by atoms with van der Waals surface area (Å²) in [6.07, 6.45) is 0. The van der Waals surface area contributed by atoms with E-state index in [1.807, 2.05) is 36.1 Å². The lowest BCUT2D eigenvalue weighted by Gasteiger charge is -2.35. The molecule has 0 aliphatic carbocycles. The molecule has 2 aromatic carbocycles. The Morgan fingerprint density at radius 2 is 1.86 bits per heavy atom. The van der Waals surface area contributed by atoms with Gasteiger partial charge in [0, 0.05) is 42.8 Å². The van der Waals surface area contributed by atoms with Gasteiger partial charge in [0.15, 0.2) is 0 Å². The molecule has 0 aromatic heterocycles. The number of amides is 2. The summed E-state index contributed by atoms with van der Waals surface area (Å²) < 4.78 is 19.9. The van der Waals surface area contributed by atoms with Gasteiger partial charge in [-0.1, -0.05) is 28.1 Å². The van der Waals surface area contributed by atoms with Crippen LogP contribution in [0.1, 0.15) is 24.1 Å². The molecule has 1 N–H and O–H groups in total. The maximum atomic E-state index is 13.6. The summed E-state index contributed by atoms with van der Waals surface area (Å²) in [5, 5.41) is 3.06. The number of carbonyl (C=O) groups excluding carboxylic acids is 1. The van der Waals surface area contributed by atoms with Gasteiger partial charge in [-0.05, 0) is 42.8 Å². The lowest BCUT2D eigenvalue weighted by molar-refractivity contribution is 0.133. The van der Waals surface area contributed by atoms with Crippen molar-refractivity contribution in [2.75, 3.05) is 33.3 Å². The van der Waals surface area contributed by atoms with Gasteiger partial charge in [0.1, 0.15) is 11.6 Å². The van der Waals surface area contributed by atoms with Gasteiger partial charge in [-0.15, -0.1) is 0 Å². The van der Waals surface area contributed by atoms with Crippen molar-refractivity contribution in [1.82, 2.24) is 15.1 Å². The van der Waals surface area contributed by atoms with Gasteiger partial charge in [0.05, 0.1) is 13.2 Å². The van der Waals surface area contributed by atoms with Gasteiger partial charge < -0.3 is 15.0 Å². The van der Waals surface area contributed by atoms with Crippen molar-refractivity contribution in [3.63, 3.8) is 0 Å². The Bertz CT molecular complexity index is 808. The van der Waals surface area contributed by atoms with Gasteiger partial charge in [-0.3, -0.25) is 4.90 Å². The molecule has 1 saturated heterocycles. The molecule has 1 unspecified atom stereocenters. The second kappa shape index (κ2) is 9.39. The van der Waals surface area contributed by atoms with E-state index in [1.165, 1.54) is 12.1 Å². The van der Waals surface area contributed by atoms with E-state index in [9.17, 15) is 9.18 Å². The Labute approximate surface area is 173 Å². The van der Waals surface area contributed by atoms with Gasteiger partial charge in [0.25, 0.3) is 0 Å². The summed E-state index contributed by atoms with van der Waals surface area (Å²) in [6.45, 7) is 5.33. The fraction of sp³-hybridized carbons (Fsp3) is 0.381. The zero-order chi connectivity index (χ0) is 20.1. The van der Waals surface area contributed by atoms with Crippen LogP contribution in [0.3, 0.4) is 0 Å². The molecule has 7 heteroatoms. The molecule has 2 amide bonds. The number of ether oxygens (including phenoxy) is 1. The molecule has 5 nitrogen and oxygen atoms in total. The molecular weight excluding hydrogens is 425 g/mol. The monoisotopic (exact) mass is 449 g/mol. The first-order chi connectivity index (χ1) is 13.5. The molecule has 2 aromatic rings. The number of nitrogens with one attached hydrogen (secondary N) is 1. The number of hydrogen-bond acceptors (Lipinski definition) is 3. The van der Waals surface area contributed by atoms with E-state index < -0.39 is 0 Å². The van der Waals surface area contributed by atoms with E-state index >= 15 is 0 Å². The van der Waals surface area contributed by atoms with Gasteiger partial charge >= 0.3 is 6.03 Å². The number of nitrogens with zero attached hydrogens (tertiary/aromatic N) is 2. The van der Waals surface area contributed by atoms with E-state index in [1.54, 1.807) is 13.2 Å². The van der Waals surface area contributed by atoms with Crippen LogP contribution in [0.25, 0.3) is 0 Å². The Morgan fingerprint density at radius 1 is 1.18 bits per heavy atom. The van der Waals surface area contributed by atoms with Crippen LogP contribution in [0.4, 0.5) is 9.18 Å². The third kappa shape index (κ3) is 5.23. The fourth-order valence-electron chi connectivity index (χ4n) is 3.33. The highest BCUT2D eigenvalue weighted by atomic mass is 79.9. The molecule has 0 bridgehead atoms. The number of rotatable bonds is 5. The van der Waals surface area contributed by atoms with Crippen molar-refractivity contribution in [3.05, 3.63) is 63.9 Å². The summed E-state index contributed by atoms with van der Waals surface area (Å²) in [5.41, 5.74) is 1.89. The van der Waals surface area contributed by atoms with Gasteiger partial charge in [-0.25, -0.2) is 9.18 Å². The number of piperazine rings is 1. The van der Waals surface area contributed by atoms with Crippen LogP contribution >= 0.6 is 15.9 Å². The first kappa shape index (κ1) is 20.6. The largest absolute Gasteiger partial charge is 0.496 e. The van der Waals surface area contributed by atoms with Crippen molar-refractivity contribution in [1.29, 1.82) is 0 Å². The Hall–Kier alpha value is -2.12. The van der Waals surface area contributed by atoms with Gasteiger partial charge in [-0.2, -0.15) is 0 Å². The summed E-state index contributed by atoms with van der Waals surface area (Å²) in [5.74, 6) is 0.417. The minimum absolute atomic E-state index is 0.0570. The lowest BCUT2D eigenvalue weighted by Crippen LogP contribution is -2.51. The number of carbonyl (C=O) groups is 1. The van der Waals surface area contributed by atoms with Crippen molar-refractivity contribution < 1.29 is 13.9 Å². The molecule has 1 aliphatic rings. The molecule has 0 spiro atoms. The second-order valence-corrected chi connectivity index (χ2v) is 7.86. The van der Waals surface area contributed by atoms with Crippen LogP contribution in [0, 0.1) is 5.82 Å². The third-order valence-corrected chi connectivity index (χ3v) is 5.53. The lowest BCUT2D eigenvalue weighted by atomic mass is 10.1. The highest BCUT2D eigenvalue weighted by molar-refractivity contribution is 9.10. The van der Waals surface area contributed by atoms with E-state index in [4.69, 9.17) is 4.74 Å². The SMILES string of the molecule is COc1ccc(F)cc1CN1CCN(C(=O)NC(C)c2ccc(Br)cc2)CC1. The zero-order valence-electron chi connectivity index (χ0n) is 16.1. The maximum absolute atomic E-state index is 13.6. The summed E-state index contributed by atoms with van der Waals surface area (Å²) in [6, 6.07) is 12.4. The molecule has 0 radical (unpaired) electrons. The molecule has 1 atom stereocenters. The number of methoxy groups -OCH3 is 1. The molecule has 1 heterocycles. The van der Waals surface area contributed by atoms with Crippen LogP contribution < -0.4 is 10.1 Å². The minimum Gasteiger partial charge on any atom is -0.496 e. The summed E-state index contributed by atoms with van der Waals surface area (Å²) >= 11 is 3.42. The quantitative estimate of drug-likeness (QED) is 0.744. The first-order valence-corrected chi connectivity index (χ1v) is 10.1. The topological polar surface area (TPSA) is 44.8 Å². The average Bonchev–Trinajstić information content (AvgIpc) is 2.69. The van der Waals surface area contributed by atoms with E-state index in [2.05, 4.69) is 26.1 Å². The van der Waals surface area contributed by atoms with Crippen molar-refractivity contribution >= 4 is 22.0 Å². The van der Waals surface area contributed by atoms with Crippen LogP contribution in [0.2, 0.25) is 0 Å². The van der Waals surface area contributed by atoms with Crippen LogP contribution in [-0.4, -0.2) is 49.1 Å². The second-order valence-electron chi connectivity index (χ2n) is 6.94. The molecule has 1 fully saturated rings. The number of urea groups is 1. The minimum atomic E-state index is -0.268. The number of hydrogen-bond donors (Lipinski definition) is 1. The number of benzene rings is 2. The normalized spacial score (nSPS) is 15.9. The summed E-state index contributed by atoms with van der Waals surface area (Å²) in [7, 11) is 1.59. The van der Waals surface area contributed by atoms with Crippen molar-refractivity contribution in [2.24, 2.45) is 0 Å². The highest BCUT2D eigenvalue weighted by Gasteiger charge is 2.23. The van der Waals surface area contributed by atoms with E-state index in [-0.39, 0.29) is 17.9 Å². The Kier molecular flexibility index (Phi) is 6.91. The van der Waals surface area contributed by atoms with Crippen molar-refractivity contribution in [3.8, 4) is 5.75 Å². The molecule has 0 saturated carbocycles. The molecule has 1 aliphatic heterocycles. The first-order valence-electron chi connectivity index (χ1n) is 9.32. The standard InChI is InChI=1S/C21H25BrFN3O2/c1-15(16-3-5-18(22)6-4-16)24-21(27)26-11-9-25(10-12-26)14-17-13-19(23)7-8-20(17)28-2/h3-8,13,15H,9-12,14H2,1-2H3,(H,24,27). The summed E-state index contributed by atoms with van der Waals surface area (Å²) in [4.78, 5) is 16.6. The number of halogens is 2. The fourth-order valence-corrected chi connectivity index (χ4v) is 3.60. The molecule has 28 heavy (non-hydrogen) atoms. The van der Waals surface area contributed by atoms with Crippen LogP contribution in [0.15, 0.2) is 46.9 Å².